The zero-order valence-corrected chi connectivity index (χ0v) is 12.6. The summed E-state index contributed by atoms with van der Waals surface area (Å²) in [4.78, 5) is 11.8. The van der Waals surface area contributed by atoms with E-state index in [0.717, 1.165) is 16.9 Å². The van der Waals surface area contributed by atoms with Gasteiger partial charge in [-0.15, -0.1) is 0 Å². The highest BCUT2D eigenvalue weighted by Gasteiger charge is 2.21. The number of hydrogen-bond acceptors (Lipinski definition) is 3. The van der Waals surface area contributed by atoms with Gasteiger partial charge in [-0.3, -0.25) is 4.79 Å². The van der Waals surface area contributed by atoms with E-state index < -0.39 is 11.5 Å². The fourth-order valence-electron chi connectivity index (χ4n) is 1.88. The SMILES string of the molecule is CC(C)(C)C(=O)NC[C@H](O)c1ccc(-c2ccco2)cc1. The van der Waals surface area contributed by atoms with Crippen LogP contribution >= 0.6 is 0 Å². The highest BCUT2D eigenvalue weighted by atomic mass is 16.3. The zero-order chi connectivity index (χ0) is 15.5. The molecule has 0 aliphatic carbocycles. The minimum atomic E-state index is -0.720. The second-order valence-electron chi connectivity index (χ2n) is 6.08. The molecule has 21 heavy (non-hydrogen) atoms. The Labute approximate surface area is 124 Å². The maximum absolute atomic E-state index is 11.8. The summed E-state index contributed by atoms with van der Waals surface area (Å²) in [5.74, 6) is 0.714. The molecule has 0 saturated heterocycles. The Balaban J connectivity index is 1.97. The zero-order valence-electron chi connectivity index (χ0n) is 12.6. The first kappa shape index (κ1) is 15.3. The molecule has 0 radical (unpaired) electrons. The fourth-order valence-corrected chi connectivity index (χ4v) is 1.88. The first-order chi connectivity index (χ1) is 9.88. The molecule has 0 bridgehead atoms. The van der Waals surface area contributed by atoms with Crippen LogP contribution in [-0.4, -0.2) is 17.6 Å². The van der Waals surface area contributed by atoms with Gasteiger partial charge in [-0.25, -0.2) is 0 Å². The average molecular weight is 287 g/mol. The molecule has 4 heteroatoms. The third-order valence-corrected chi connectivity index (χ3v) is 3.24. The van der Waals surface area contributed by atoms with Crippen LogP contribution in [0.15, 0.2) is 47.1 Å². The second-order valence-corrected chi connectivity index (χ2v) is 6.08. The lowest BCUT2D eigenvalue weighted by atomic mass is 9.95. The normalized spacial score (nSPS) is 13.0. The van der Waals surface area contributed by atoms with Gasteiger partial charge in [0.2, 0.25) is 5.91 Å². The minimum Gasteiger partial charge on any atom is -0.464 e. The van der Waals surface area contributed by atoms with E-state index in [-0.39, 0.29) is 12.5 Å². The molecule has 0 saturated carbocycles. The van der Waals surface area contributed by atoms with Gasteiger partial charge >= 0.3 is 0 Å². The molecule has 112 valence electrons. The van der Waals surface area contributed by atoms with Crippen LogP contribution in [0.25, 0.3) is 11.3 Å². The Kier molecular flexibility index (Phi) is 4.48. The number of carbonyl (C=O) groups excluding carboxylic acids is 1. The van der Waals surface area contributed by atoms with Crippen molar-refractivity contribution in [3.63, 3.8) is 0 Å². The summed E-state index contributed by atoms with van der Waals surface area (Å²) < 4.78 is 5.32. The van der Waals surface area contributed by atoms with Crippen molar-refractivity contribution in [3.05, 3.63) is 48.2 Å². The van der Waals surface area contributed by atoms with Gasteiger partial charge in [0.25, 0.3) is 0 Å². The van der Waals surface area contributed by atoms with Gasteiger partial charge in [-0.05, 0) is 17.7 Å². The van der Waals surface area contributed by atoms with E-state index in [4.69, 9.17) is 4.42 Å². The molecule has 0 unspecified atom stereocenters. The highest BCUT2D eigenvalue weighted by Crippen LogP contribution is 2.22. The molecular formula is C17H21NO3. The lowest BCUT2D eigenvalue weighted by Gasteiger charge is -2.19. The Morgan fingerprint density at radius 2 is 1.90 bits per heavy atom. The Bertz CT molecular complexity index is 579. The van der Waals surface area contributed by atoms with Gasteiger partial charge in [0.1, 0.15) is 5.76 Å². The van der Waals surface area contributed by atoms with Crippen molar-refractivity contribution in [3.8, 4) is 11.3 Å². The molecule has 4 nitrogen and oxygen atoms in total. The molecule has 2 N–H and O–H groups in total. The molecule has 1 amide bonds. The summed E-state index contributed by atoms with van der Waals surface area (Å²) >= 11 is 0. The lowest BCUT2D eigenvalue weighted by Crippen LogP contribution is -2.37. The van der Waals surface area contributed by atoms with Crippen LogP contribution in [0.2, 0.25) is 0 Å². The first-order valence-corrected chi connectivity index (χ1v) is 6.98. The van der Waals surface area contributed by atoms with Crippen molar-refractivity contribution in [1.29, 1.82) is 0 Å². The van der Waals surface area contributed by atoms with Gasteiger partial charge in [0.05, 0.1) is 12.4 Å². The van der Waals surface area contributed by atoms with Crippen molar-refractivity contribution < 1.29 is 14.3 Å². The van der Waals surface area contributed by atoms with E-state index in [0.29, 0.717) is 0 Å². The van der Waals surface area contributed by atoms with E-state index in [1.165, 1.54) is 0 Å². The summed E-state index contributed by atoms with van der Waals surface area (Å²) in [7, 11) is 0. The molecule has 1 heterocycles. The predicted octanol–water partition coefficient (Wildman–Crippen LogP) is 3.14. The number of hydrogen-bond donors (Lipinski definition) is 2. The molecule has 1 aromatic carbocycles. The van der Waals surface area contributed by atoms with Crippen LogP contribution in [0.4, 0.5) is 0 Å². The van der Waals surface area contributed by atoms with E-state index in [9.17, 15) is 9.90 Å². The quantitative estimate of drug-likeness (QED) is 0.908. The largest absolute Gasteiger partial charge is 0.464 e. The van der Waals surface area contributed by atoms with Gasteiger partial charge in [-0.2, -0.15) is 0 Å². The van der Waals surface area contributed by atoms with Crippen LogP contribution in [0.5, 0.6) is 0 Å². The number of nitrogens with one attached hydrogen (secondary N) is 1. The molecule has 0 aliphatic rings. The van der Waals surface area contributed by atoms with Crippen molar-refractivity contribution >= 4 is 5.91 Å². The number of amides is 1. The smallest absolute Gasteiger partial charge is 0.225 e. The standard InChI is InChI=1S/C17H21NO3/c1-17(2,3)16(20)18-11-14(19)12-6-8-13(9-7-12)15-5-4-10-21-15/h4-10,14,19H,11H2,1-3H3,(H,18,20)/t14-/m0/s1. The molecule has 2 rings (SSSR count). The lowest BCUT2D eigenvalue weighted by molar-refractivity contribution is -0.128. The first-order valence-electron chi connectivity index (χ1n) is 6.98. The van der Waals surface area contributed by atoms with Gasteiger partial charge in [0, 0.05) is 17.5 Å². The molecule has 1 atom stereocenters. The predicted molar refractivity (Wildman–Crippen MR) is 81.6 cm³/mol. The second kappa shape index (κ2) is 6.14. The van der Waals surface area contributed by atoms with Crippen LogP contribution in [0.3, 0.4) is 0 Å². The topological polar surface area (TPSA) is 62.5 Å². The molecular weight excluding hydrogens is 266 g/mol. The number of benzene rings is 1. The summed E-state index contributed by atoms with van der Waals surface area (Å²) in [5.41, 5.74) is 1.26. The molecule has 0 spiro atoms. The van der Waals surface area contributed by atoms with Crippen LogP contribution in [-0.2, 0) is 4.79 Å². The van der Waals surface area contributed by atoms with Crippen molar-refractivity contribution in [1.82, 2.24) is 5.32 Å². The Hall–Kier alpha value is -2.07. The van der Waals surface area contributed by atoms with Gasteiger partial charge in [0.15, 0.2) is 0 Å². The van der Waals surface area contributed by atoms with Crippen LogP contribution < -0.4 is 5.32 Å². The van der Waals surface area contributed by atoms with Crippen molar-refractivity contribution in [2.75, 3.05) is 6.54 Å². The number of aliphatic hydroxyl groups is 1. The number of aliphatic hydroxyl groups excluding tert-OH is 1. The number of rotatable bonds is 4. The van der Waals surface area contributed by atoms with Gasteiger partial charge in [-0.1, -0.05) is 45.0 Å². The van der Waals surface area contributed by atoms with Crippen molar-refractivity contribution in [2.45, 2.75) is 26.9 Å². The van der Waals surface area contributed by atoms with E-state index in [2.05, 4.69) is 5.32 Å². The van der Waals surface area contributed by atoms with Crippen molar-refractivity contribution in [2.24, 2.45) is 5.41 Å². The Morgan fingerprint density at radius 1 is 1.24 bits per heavy atom. The van der Waals surface area contributed by atoms with Gasteiger partial charge < -0.3 is 14.8 Å². The molecule has 0 aliphatic heterocycles. The third kappa shape index (κ3) is 3.95. The summed E-state index contributed by atoms with van der Waals surface area (Å²) in [6.45, 7) is 5.73. The summed E-state index contributed by atoms with van der Waals surface area (Å²) in [5, 5.41) is 12.9. The number of furan rings is 1. The molecule has 0 fully saturated rings. The maximum atomic E-state index is 11.8. The Morgan fingerprint density at radius 3 is 2.43 bits per heavy atom. The van der Waals surface area contributed by atoms with Crippen LogP contribution in [0.1, 0.15) is 32.4 Å². The average Bonchev–Trinajstić information content (AvgIpc) is 2.97. The van der Waals surface area contributed by atoms with E-state index >= 15 is 0 Å². The molecule has 2 aromatic rings. The summed E-state index contributed by atoms with van der Waals surface area (Å²) in [6, 6.07) is 11.2. The monoisotopic (exact) mass is 287 g/mol. The number of carbonyl (C=O) groups is 1. The minimum absolute atomic E-state index is 0.0752. The summed E-state index contributed by atoms with van der Waals surface area (Å²) in [6.07, 6.45) is 0.905. The maximum Gasteiger partial charge on any atom is 0.225 e. The van der Waals surface area contributed by atoms with E-state index in [1.807, 2.05) is 57.2 Å². The van der Waals surface area contributed by atoms with E-state index in [1.54, 1.807) is 6.26 Å². The molecule has 1 aromatic heterocycles. The highest BCUT2D eigenvalue weighted by molar-refractivity contribution is 5.81. The fraction of sp³-hybridized carbons (Fsp3) is 0.353. The van der Waals surface area contributed by atoms with Crippen LogP contribution in [0, 0.1) is 5.41 Å². The third-order valence-electron chi connectivity index (χ3n) is 3.24.